The number of ether oxygens (including phenoxy) is 1. The van der Waals surface area contributed by atoms with E-state index in [2.05, 4.69) is 11.9 Å². The largest absolute Gasteiger partial charge is 0.478 e. The number of rotatable bonds is 3. The van der Waals surface area contributed by atoms with Gasteiger partial charge in [0.15, 0.2) is 0 Å². The summed E-state index contributed by atoms with van der Waals surface area (Å²) < 4.78 is 5.96. The van der Waals surface area contributed by atoms with Crippen molar-refractivity contribution in [3.05, 3.63) is 23.4 Å². The standard InChI is InChI=1S/C17H25NO3/c1-11-5-7-13(8-6-11)21-15-10-12(16(19)20)9-14(18-15)17(2,3)4/h9-11,13H,5-8H2,1-4H3,(H,19,20). The molecule has 4 heteroatoms. The molecule has 0 saturated heterocycles. The molecule has 0 aromatic carbocycles. The van der Waals surface area contributed by atoms with Gasteiger partial charge in [-0.2, -0.15) is 0 Å². The Bertz CT molecular complexity index is 511. The predicted molar refractivity (Wildman–Crippen MR) is 81.9 cm³/mol. The molecular weight excluding hydrogens is 266 g/mol. The lowest BCUT2D eigenvalue weighted by Crippen LogP contribution is -2.24. The summed E-state index contributed by atoms with van der Waals surface area (Å²) >= 11 is 0. The second-order valence-electron chi connectivity index (χ2n) is 7.13. The number of carboxylic acids is 1. The molecule has 4 nitrogen and oxygen atoms in total. The van der Waals surface area contributed by atoms with Gasteiger partial charge in [0.25, 0.3) is 0 Å². The van der Waals surface area contributed by atoms with Gasteiger partial charge >= 0.3 is 5.97 Å². The van der Waals surface area contributed by atoms with Crippen molar-refractivity contribution in [1.29, 1.82) is 0 Å². The number of hydrogen-bond acceptors (Lipinski definition) is 3. The first kappa shape index (κ1) is 15.8. The fourth-order valence-corrected chi connectivity index (χ4v) is 2.59. The van der Waals surface area contributed by atoms with Gasteiger partial charge in [-0.25, -0.2) is 9.78 Å². The number of pyridine rings is 1. The van der Waals surface area contributed by atoms with Gasteiger partial charge in [-0.3, -0.25) is 0 Å². The second kappa shape index (κ2) is 6.04. The van der Waals surface area contributed by atoms with Crippen LogP contribution >= 0.6 is 0 Å². The highest BCUT2D eigenvalue weighted by atomic mass is 16.5. The molecule has 1 heterocycles. The topological polar surface area (TPSA) is 59.4 Å². The summed E-state index contributed by atoms with van der Waals surface area (Å²) in [5, 5.41) is 9.26. The molecule has 1 aliphatic rings. The Balaban J connectivity index is 2.22. The van der Waals surface area contributed by atoms with Crippen molar-refractivity contribution in [2.24, 2.45) is 5.92 Å². The van der Waals surface area contributed by atoms with Crippen molar-refractivity contribution in [3.8, 4) is 5.88 Å². The molecule has 0 atom stereocenters. The highest BCUT2D eigenvalue weighted by Crippen LogP contribution is 2.29. The van der Waals surface area contributed by atoms with Crippen LogP contribution in [0.4, 0.5) is 0 Å². The van der Waals surface area contributed by atoms with Gasteiger partial charge in [0.1, 0.15) is 6.10 Å². The van der Waals surface area contributed by atoms with E-state index in [4.69, 9.17) is 4.74 Å². The summed E-state index contributed by atoms with van der Waals surface area (Å²) in [5.41, 5.74) is 0.792. The zero-order chi connectivity index (χ0) is 15.6. The van der Waals surface area contributed by atoms with E-state index in [1.807, 2.05) is 20.8 Å². The SMILES string of the molecule is CC1CCC(Oc2cc(C(=O)O)cc(C(C)(C)C)n2)CC1. The first-order valence-electron chi connectivity index (χ1n) is 7.68. The average Bonchev–Trinajstić information content (AvgIpc) is 2.40. The lowest BCUT2D eigenvalue weighted by Gasteiger charge is -2.27. The number of carbonyl (C=O) groups is 1. The van der Waals surface area contributed by atoms with Crippen LogP contribution in [0, 0.1) is 5.92 Å². The smallest absolute Gasteiger partial charge is 0.335 e. The molecule has 116 valence electrons. The molecule has 0 unspecified atom stereocenters. The summed E-state index contributed by atoms with van der Waals surface area (Å²) in [7, 11) is 0. The Morgan fingerprint density at radius 1 is 1.24 bits per heavy atom. The van der Waals surface area contributed by atoms with Crippen LogP contribution in [0.15, 0.2) is 12.1 Å². The molecule has 0 spiro atoms. The fourth-order valence-electron chi connectivity index (χ4n) is 2.59. The number of aromatic carboxylic acids is 1. The van der Waals surface area contributed by atoms with E-state index in [0.717, 1.165) is 37.3 Å². The van der Waals surface area contributed by atoms with Gasteiger partial charge in [0.2, 0.25) is 5.88 Å². The van der Waals surface area contributed by atoms with E-state index in [1.165, 1.54) is 6.07 Å². The minimum atomic E-state index is -0.940. The number of hydrogen-bond donors (Lipinski definition) is 1. The monoisotopic (exact) mass is 291 g/mol. The Hall–Kier alpha value is -1.58. The summed E-state index contributed by atoms with van der Waals surface area (Å²) in [4.78, 5) is 15.8. The molecule has 0 radical (unpaired) electrons. The van der Waals surface area contributed by atoms with E-state index in [1.54, 1.807) is 6.07 Å². The molecule has 1 N–H and O–H groups in total. The molecule has 0 bridgehead atoms. The van der Waals surface area contributed by atoms with Gasteiger partial charge < -0.3 is 9.84 Å². The van der Waals surface area contributed by atoms with Crippen molar-refractivity contribution in [2.75, 3.05) is 0 Å². The quantitative estimate of drug-likeness (QED) is 0.913. The molecule has 0 aliphatic heterocycles. The first-order valence-corrected chi connectivity index (χ1v) is 7.68. The van der Waals surface area contributed by atoms with Crippen molar-refractivity contribution in [2.45, 2.75) is 64.9 Å². The maximum atomic E-state index is 11.3. The van der Waals surface area contributed by atoms with Crippen molar-refractivity contribution >= 4 is 5.97 Å². The molecule has 1 saturated carbocycles. The van der Waals surface area contributed by atoms with E-state index >= 15 is 0 Å². The Labute approximate surface area is 126 Å². The van der Waals surface area contributed by atoms with Crippen LogP contribution in [0.2, 0.25) is 0 Å². The zero-order valence-electron chi connectivity index (χ0n) is 13.3. The summed E-state index contributed by atoms with van der Waals surface area (Å²) in [6, 6.07) is 3.17. The van der Waals surface area contributed by atoms with E-state index in [9.17, 15) is 9.90 Å². The van der Waals surface area contributed by atoms with Gasteiger partial charge in [-0.1, -0.05) is 27.7 Å². The Kier molecular flexibility index (Phi) is 4.55. The van der Waals surface area contributed by atoms with Gasteiger partial charge in [-0.05, 0) is 37.7 Å². The van der Waals surface area contributed by atoms with Crippen LogP contribution in [-0.2, 0) is 5.41 Å². The lowest BCUT2D eigenvalue weighted by atomic mass is 9.89. The van der Waals surface area contributed by atoms with Crippen LogP contribution < -0.4 is 4.74 Å². The number of nitrogens with zero attached hydrogens (tertiary/aromatic N) is 1. The number of aromatic nitrogens is 1. The highest BCUT2D eigenvalue weighted by molar-refractivity contribution is 5.88. The van der Waals surface area contributed by atoms with E-state index < -0.39 is 5.97 Å². The third kappa shape index (κ3) is 4.19. The highest BCUT2D eigenvalue weighted by Gasteiger charge is 2.23. The van der Waals surface area contributed by atoms with Crippen LogP contribution in [0.1, 0.15) is 69.4 Å². The van der Waals surface area contributed by atoms with Gasteiger partial charge in [0, 0.05) is 11.5 Å². The normalized spacial score (nSPS) is 22.9. The molecule has 0 amide bonds. The van der Waals surface area contributed by atoms with Crippen molar-refractivity contribution < 1.29 is 14.6 Å². The Morgan fingerprint density at radius 2 is 1.86 bits per heavy atom. The van der Waals surface area contributed by atoms with E-state index in [0.29, 0.717) is 5.88 Å². The second-order valence-corrected chi connectivity index (χ2v) is 7.13. The van der Waals surface area contributed by atoms with Gasteiger partial charge in [0.05, 0.1) is 11.3 Å². The van der Waals surface area contributed by atoms with Crippen LogP contribution in [0.3, 0.4) is 0 Å². The van der Waals surface area contributed by atoms with Crippen molar-refractivity contribution in [1.82, 2.24) is 4.98 Å². The minimum Gasteiger partial charge on any atom is -0.478 e. The van der Waals surface area contributed by atoms with Crippen LogP contribution in [-0.4, -0.2) is 22.2 Å². The molecule has 21 heavy (non-hydrogen) atoms. The molecule has 1 aliphatic carbocycles. The fraction of sp³-hybridized carbons (Fsp3) is 0.647. The van der Waals surface area contributed by atoms with E-state index in [-0.39, 0.29) is 17.1 Å². The Morgan fingerprint density at radius 3 is 2.38 bits per heavy atom. The molecule has 1 aromatic heterocycles. The average molecular weight is 291 g/mol. The number of carboxylic acid groups (broad SMARTS) is 1. The third-order valence-electron chi connectivity index (χ3n) is 4.07. The van der Waals surface area contributed by atoms with Crippen molar-refractivity contribution in [3.63, 3.8) is 0 Å². The minimum absolute atomic E-state index is 0.158. The zero-order valence-corrected chi connectivity index (χ0v) is 13.3. The predicted octanol–water partition coefficient (Wildman–Crippen LogP) is 4.03. The van der Waals surface area contributed by atoms with Crippen LogP contribution in [0.25, 0.3) is 0 Å². The van der Waals surface area contributed by atoms with Crippen LogP contribution in [0.5, 0.6) is 5.88 Å². The lowest BCUT2D eigenvalue weighted by molar-refractivity contribution is 0.0694. The molecule has 2 rings (SSSR count). The summed E-state index contributed by atoms with van der Waals surface area (Å²) in [5.74, 6) is 0.262. The summed E-state index contributed by atoms with van der Waals surface area (Å²) in [6.07, 6.45) is 4.52. The van der Waals surface area contributed by atoms with Gasteiger partial charge in [-0.15, -0.1) is 0 Å². The summed E-state index contributed by atoms with van der Waals surface area (Å²) in [6.45, 7) is 8.32. The maximum absolute atomic E-state index is 11.3. The molecule has 1 fully saturated rings. The third-order valence-corrected chi connectivity index (χ3v) is 4.07. The molecule has 1 aromatic rings. The molecular formula is C17H25NO3. The first-order chi connectivity index (χ1) is 9.75. The maximum Gasteiger partial charge on any atom is 0.335 e.